The van der Waals surface area contributed by atoms with Crippen LogP contribution in [-0.2, 0) is 26.0 Å². The summed E-state index contributed by atoms with van der Waals surface area (Å²) in [7, 11) is -4.10. The molecule has 1 saturated heterocycles. The van der Waals surface area contributed by atoms with Gasteiger partial charge in [0.15, 0.2) is 5.96 Å². The zero-order valence-electron chi connectivity index (χ0n) is 20.6. The standard InChI is InChI=1S/C23H36N6O5S.ClH/c1-14-8-10-29(18(12-14)22(31)32)21(30)17(6-4-9-26-23(24)25)28-35(33,34)19-7-3-5-16-11-15(2)13-27-20(16)19;/h3,5,7,14-15,17-18,27-28H,4,6,8-13H2,1-2H3,(H,31,32)(H4,24,25,26);1H/t14-,15?,17+,18-;/m1./s1/i3+1,5+1,7+1,16+1,19+1,20+1;. The van der Waals surface area contributed by atoms with Gasteiger partial charge >= 0.3 is 5.97 Å². The number of sulfonamides is 1. The second-order valence-electron chi connectivity index (χ2n) is 9.62. The maximum absolute atomic E-state index is 13.5. The van der Waals surface area contributed by atoms with E-state index in [1.54, 1.807) is 6.07 Å². The topological polar surface area (TPSA) is 180 Å². The Kier molecular flexibility index (Phi) is 10.4. The lowest BCUT2D eigenvalue weighted by Crippen LogP contribution is -2.56. The second kappa shape index (κ2) is 12.6. The zero-order valence-corrected chi connectivity index (χ0v) is 22.3. The van der Waals surface area contributed by atoms with Crippen LogP contribution in [0.1, 0.15) is 45.1 Å². The molecular weight excluding hydrogens is 514 g/mol. The van der Waals surface area contributed by atoms with Crippen molar-refractivity contribution in [2.45, 2.75) is 62.9 Å². The average Bonchev–Trinajstić information content (AvgIpc) is 2.79. The number of benzene rings is 1. The molecule has 1 aromatic rings. The molecule has 4 atom stereocenters. The Balaban J connectivity index is 0.00000456. The van der Waals surface area contributed by atoms with Crippen LogP contribution in [0.15, 0.2) is 28.1 Å². The van der Waals surface area contributed by atoms with Crippen molar-refractivity contribution in [1.82, 2.24) is 9.62 Å². The molecule has 36 heavy (non-hydrogen) atoms. The molecule has 7 N–H and O–H groups in total. The minimum atomic E-state index is -4.10. The number of piperidine rings is 1. The Morgan fingerprint density at radius 2 is 2.00 bits per heavy atom. The summed E-state index contributed by atoms with van der Waals surface area (Å²) in [6.07, 6.45) is 2.17. The summed E-state index contributed by atoms with van der Waals surface area (Å²) >= 11 is 0. The highest BCUT2D eigenvalue weighted by molar-refractivity contribution is 7.89. The van der Waals surface area contributed by atoms with E-state index in [2.05, 4.69) is 22.0 Å². The SMILES string of the molecule is CC1CN[13c]2[13c]([13cH][13cH][13cH][13c]2S(=O)(=O)N[C@@H](CCCN=C(N)N)C(=O)N2CC[C@@H](C)C[C@@H]2C(=O)O)C1.Cl. The number of carbonyl (C=O) groups is 2. The Hall–Kier alpha value is -2.57. The molecule has 202 valence electrons. The van der Waals surface area contributed by atoms with Gasteiger partial charge in [0.2, 0.25) is 15.9 Å². The smallest absolute Gasteiger partial charge is 0.326 e. The lowest BCUT2D eigenvalue weighted by atomic mass is 9.91. The summed E-state index contributed by atoms with van der Waals surface area (Å²) in [6, 6.07) is 2.94. The molecular formula is C23H37ClN6O5S. The van der Waals surface area contributed by atoms with E-state index < -0.39 is 34.0 Å². The van der Waals surface area contributed by atoms with Gasteiger partial charge in [0.25, 0.3) is 0 Å². The number of guanidine groups is 1. The van der Waals surface area contributed by atoms with E-state index in [9.17, 15) is 23.1 Å². The highest BCUT2D eigenvalue weighted by Gasteiger charge is 2.39. The Morgan fingerprint density at radius 3 is 2.67 bits per heavy atom. The van der Waals surface area contributed by atoms with Gasteiger partial charge in [-0.1, -0.05) is 26.0 Å². The van der Waals surface area contributed by atoms with Crippen LogP contribution >= 0.6 is 12.4 Å². The highest BCUT2D eigenvalue weighted by atomic mass is 35.5. The minimum absolute atomic E-state index is 0. The van der Waals surface area contributed by atoms with Gasteiger partial charge < -0.3 is 26.8 Å². The molecule has 0 spiro atoms. The van der Waals surface area contributed by atoms with Gasteiger partial charge in [0.1, 0.15) is 17.0 Å². The number of nitrogens with two attached hydrogens (primary N) is 2. The minimum Gasteiger partial charge on any atom is -0.480 e. The molecule has 0 radical (unpaired) electrons. The molecule has 0 aromatic heterocycles. The number of hydrogen-bond donors (Lipinski definition) is 5. The molecule has 2 aliphatic rings. The molecule has 1 unspecified atom stereocenters. The van der Waals surface area contributed by atoms with Crippen LogP contribution in [0.3, 0.4) is 0 Å². The van der Waals surface area contributed by atoms with E-state index in [0.29, 0.717) is 37.4 Å². The third-order valence-electron chi connectivity index (χ3n) is 6.57. The van der Waals surface area contributed by atoms with Crippen LogP contribution in [0.25, 0.3) is 0 Å². The number of aliphatic imine (C=N–C) groups is 1. The van der Waals surface area contributed by atoms with Gasteiger partial charge in [-0.15, -0.1) is 12.4 Å². The first-order valence-corrected chi connectivity index (χ1v) is 13.4. The van der Waals surface area contributed by atoms with Gasteiger partial charge in [0, 0.05) is 19.6 Å². The fourth-order valence-corrected chi connectivity index (χ4v) is 6.17. The molecule has 11 nitrogen and oxygen atoms in total. The number of halogens is 1. The summed E-state index contributed by atoms with van der Waals surface area (Å²) in [4.78, 5) is 30.7. The monoisotopic (exact) mass is 550 g/mol. The van der Waals surface area contributed by atoms with E-state index in [0.717, 1.165) is 12.0 Å². The normalized spacial score (nSPS) is 22.4. The number of para-hydroxylation sites is 1. The number of carboxylic acids is 1. The van der Waals surface area contributed by atoms with Crippen LogP contribution in [-0.4, -0.2) is 68.0 Å². The van der Waals surface area contributed by atoms with E-state index in [4.69, 9.17) is 11.5 Å². The van der Waals surface area contributed by atoms with Crippen molar-refractivity contribution < 1.29 is 23.1 Å². The predicted molar refractivity (Wildman–Crippen MR) is 141 cm³/mol. The quantitative estimate of drug-likeness (QED) is 0.172. The Morgan fingerprint density at radius 1 is 1.28 bits per heavy atom. The number of anilines is 1. The van der Waals surface area contributed by atoms with Gasteiger partial charge in [0.05, 0.1) is 5.69 Å². The van der Waals surface area contributed by atoms with Crippen molar-refractivity contribution in [3.8, 4) is 0 Å². The van der Waals surface area contributed by atoms with Crippen LogP contribution in [0, 0.1) is 11.8 Å². The number of amides is 1. The molecule has 13 heteroatoms. The van der Waals surface area contributed by atoms with Gasteiger partial charge in [-0.2, -0.15) is 4.72 Å². The number of nitrogens with one attached hydrogen (secondary N) is 2. The largest absolute Gasteiger partial charge is 0.480 e. The molecule has 0 saturated carbocycles. The van der Waals surface area contributed by atoms with Gasteiger partial charge in [-0.05, 0) is 55.6 Å². The number of nitrogens with zero attached hydrogens (tertiary/aromatic N) is 2. The number of aliphatic carboxylic acids is 1. The van der Waals surface area contributed by atoms with Crippen LogP contribution in [0.4, 0.5) is 5.69 Å². The number of likely N-dealkylation sites (tertiary alicyclic amines) is 1. The van der Waals surface area contributed by atoms with E-state index in [1.807, 2.05) is 13.0 Å². The van der Waals surface area contributed by atoms with Crippen molar-refractivity contribution in [2.75, 3.05) is 25.0 Å². The predicted octanol–water partition coefficient (Wildman–Crippen LogP) is 1.12. The number of rotatable bonds is 9. The van der Waals surface area contributed by atoms with E-state index >= 15 is 0 Å². The average molecular weight is 551 g/mol. The fraction of sp³-hybridized carbons (Fsp3) is 0.609. The van der Waals surface area contributed by atoms with E-state index in [1.165, 1.54) is 11.0 Å². The van der Waals surface area contributed by atoms with Crippen LogP contribution in [0.2, 0.25) is 0 Å². The Labute approximate surface area is 218 Å². The van der Waals surface area contributed by atoms with Crippen molar-refractivity contribution in [1.29, 1.82) is 0 Å². The maximum Gasteiger partial charge on any atom is 0.326 e. The van der Waals surface area contributed by atoms with Crippen LogP contribution < -0.4 is 21.5 Å². The first-order chi connectivity index (χ1) is 16.5. The molecule has 1 amide bonds. The fourth-order valence-electron chi connectivity index (χ4n) is 4.72. The summed E-state index contributed by atoms with van der Waals surface area (Å²) < 4.78 is 29.5. The summed E-state index contributed by atoms with van der Waals surface area (Å²) in [6.45, 7) is 5.14. The summed E-state index contributed by atoms with van der Waals surface area (Å²) in [5.74, 6) is -1.22. The lowest BCUT2D eigenvalue weighted by molar-refractivity contribution is -0.153. The van der Waals surface area contributed by atoms with E-state index in [-0.39, 0.29) is 48.7 Å². The number of hydrogen-bond acceptors (Lipinski definition) is 6. The summed E-state index contributed by atoms with van der Waals surface area (Å²) in [5.41, 5.74) is 12.2. The first kappa shape index (κ1) is 29.7. The van der Waals surface area contributed by atoms with Crippen molar-refractivity contribution >= 4 is 46.0 Å². The number of carbonyl (C=O) groups excluding carboxylic acids is 1. The van der Waals surface area contributed by atoms with Gasteiger partial charge in [-0.3, -0.25) is 9.79 Å². The molecule has 1 fully saturated rings. The molecule has 0 aliphatic carbocycles. The molecule has 1 aromatic carbocycles. The molecule has 3 rings (SSSR count). The molecule has 2 aliphatic heterocycles. The van der Waals surface area contributed by atoms with Crippen molar-refractivity contribution in [3.63, 3.8) is 0 Å². The van der Waals surface area contributed by atoms with Crippen molar-refractivity contribution in [2.24, 2.45) is 28.3 Å². The third kappa shape index (κ3) is 7.23. The molecule has 2 heterocycles. The van der Waals surface area contributed by atoms with Crippen LogP contribution in [0.5, 0.6) is 0 Å². The first-order valence-electron chi connectivity index (χ1n) is 12.0. The van der Waals surface area contributed by atoms with Crippen molar-refractivity contribution in [3.05, 3.63) is 23.8 Å². The van der Waals surface area contributed by atoms with Gasteiger partial charge in [-0.25, -0.2) is 13.2 Å². The Bertz CT molecular complexity index is 1080. The molecule has 0 bridgehead atoms. The lowest BCUT2D eigenvalue weighted by Gasteiger charge is -2.38. The highest BCUT2D eigenvalue weighted by Crippen LogP contribution is 2.31. The number of carboxylic acid groups (broad SMARTS) is 1. The second-order valence-corrected chi connectivity index (χ2v) is 11.3. The summed E-state index contributed by atoms with van der Waals surface area (Å²) in [5, 5.41) is 12.9. The number of fused-ring (bicyclic) bond motifs is 1. The third-order valence-corrected chi connectivity index (χ3v) is 8.09. The zero-order chi connectivity index (χ0) is 25.8. The maximum atomic E-state index is 13.5.